The maximum atomic E-state index is 11.8. The van der Waals surface area contributed by atoms with Gasteiger partial charge in [-0.1, -0.05) is 24.3 Å². The van der Waals surface area contributed by atoms with Crippen LogP contribution in [0.3, 0.4) is 0 Å². The molecule has 0 aliphatic rings. The zero-order valence-electron chi connectivity index (χ0n) is 12.1. The molecule has 7 heteroatoms. The van der Waals surface area contributed by atoms with Crippen LogP contribution in [-0.2, 0) is 11.3 Å². The van der Waals surface area contributed by atoms with E-state index in [1.54, 1.807) is 29.1 Å². The standard InChI is InChI=1S/C16H14N4O2S/c17-15(21)10-20-9-11(12-4-1-2-5-13(12)20)8-18-19-16(22)14-6-3-7-23-14/h1-9H,10H2,(H2,17,21)(H,19,22)/b18-8+. The van der Waals surface area contributed by atoms with Crippen molar-refractivity contribution >= 4 is 40.3 Å². The number of para-hydroxylation sites is 1. The van der Waals surface area contributed by atoms with E-state index in [9.17, 15) is 9.59 Å². The summed E-state index contributed by atoms with van der Waals surface area (Å²) in [6.07, 6.45) is 3.35. The van der Waals surface area contributed by atoms with E-state index in [1.165, 1.54) is 11.3 Å². The Morgan fingerprint density at radius 2 is 2.09 bits per heavy atom. The van der Waals surface area contributed by atoms with Crippen molar-refractivity contribution in [1.29, 1.82) is 0 Å². The number of nitrogens with one attached hydrogen (secondary N) is 1. The summed E-state index contributed by atoms with van der Waals surface area (Å²) in [4.78, 5) is 23.6. The number of fused-ring (bicyclic) bond motifs is 1. The molecular weight excluding hydrogens is 312 g/mol. The minimum atomic E-state index is -0.416. The first-order valence-electron chi connectivity index (χ1n) is 6.88. The molecule has 0 aliphatic carbocycles. The van der Waals surface area contributed by atoms with Crippen LogP contribution in [0.5, 0.6) is 0 Å². The van der Waals surface area contributed by atoms with Crippen molar-refractivity contribution in [2.24, 2.45) is 10.8 Å². The van der Waals surface area contributed by atoms with Crippen molar-refractivity contribution in [3.05, 3.63) is 58.4 Å². The van der Waals surface area contributed by atoms with E-state index in [0.29, 0.717) is 4.88 Å². The van der Waals surface area contributed by atoms with Gasteiger partial charge in [0.25, 0.3) is 5.91 Å². The van der Waals surface area contributed by atoms with E-state index in [1.807, 2.05) is 29.6 Å². The number of hydrogen-bond acceptors (Lipinski definition) is 4. The highest BCUT2D eigenvalue weighted by molar-refractivity contribution is 7.12. The van der Waals surface area contributed by atoms with E-state index < -0.39 is 5.91 Å². The Balaban J connectivity index is 1.83. The van der Waals surface area contributed by atoms with Crippen molar-refractivity contribution < 1.29 is 9.59 Å². The predicted molar refractivity (Wildman–Crippen MR) is 90.5 cm³/mol. The van der Waals surface area contributed by atoms with Crippen LogP contribution in [0.15, 0.2) is 53.1 Å². The SMILES string of the molecule is NC(=O)Cn1cc(/C=N/NC(=O)c2cccs2)c2ccccc21. The summed E-state index contributed by atoms with van der Waals surface area (Å²) in [5, 5.41) is 6.76. The minimum Gasteiger partial charge on any atom is -0.368 e. The summed E-state index contributed by atoms with van der Waals surface area (Å²) in [5.74, 6) is -0.669. The molecule has 0 fully saturated rings. The number of primary amides is 1. The maximum Gasteiger partial charge on any atom is 0.281 e. The number of hydrazone groups is 1. The molecule has 2 aromatic heterocycles. The van der Waals surface area contributed by atoms with E-state index in [0.717, 1.165) is 16.5 Å². The van der Waals surface area contributed by atoms with Gasteiger partial charge in [-0.3, -0.25) is 9.59 Å². The quantitative estimate of drug-likeness (QED) is 0.554. The number of aromatic nitrogens is 1. The number of hydrogen-bond donors (Lipinski definition) is 2. The van der Waals surface area contributed by atoms with Crippen LogP contribution >= 0.6 is 11.3 Å². The van der Waals surface area contributed by atoms with Crippen LogP contribution in [0.1, 0.15) is 15.2 Å². The molecule has 3 rings (SSSR count). The van der Waals surface area contributed by atoms with Crippen LogP contribution in [0.2, 0.25) is 0 Å². The summed E-state index contributed by atoms with van der Waals surface area (Å²) in [7, 11) is 0. The number of amides is 2. The first kappa shape index (κ1) is 15.0. The van der Waals surface area contributed by atoms with Gasteiger partial charge < -0.3 is 10.3 Å². The van der Waals surface area contributed by atoms with Crippen LogP contribution in [0.4, 0.5) is 0 Å². The zero-order valence-corrected chi connectivity index (χ0v) is 12.9. The third kappa shape index (κ3) is 3.29. The second kappa shape index (κ2) is 6.45. The van der Waals surface area contributed by atoms with Gasteiger partial charge in [0.2, 0.25) is 5.91 Å². The van der Waals surface area contributed by atoms with Crippen molar-refractivity contribution in [2.75, 3.05) is 0 Å². The molecule has 0 saturated carbocycles. The molecule has 0 saturated heterocycles. The fourth-order valence-electron chi connectivity index (χ4n) is 2.30. The van der Waals surface area contributed by atoms with E-state index in [4.69, 9.17) is 5.73 Å². The number of nitrogens with zero attached hydrogens (tertiary/aromatic N) is 2. The van der Waals surface area contributed by atoms with Gasteiger partial charge in [-0.05, 0) is 17.5 Å². The predicted octanol–water partition coefficient (Wildman–Crippen LogP) is 1.95. The summed E-state index contributed by atoms with van der Waals surface area (Å²) in [5.41, 5.74) is 9.44. The Morgan fingerprint density at radius 3 is 2.83 bits per heavy atom. The van der Waals surface area contributed by atoms with Gasteiger partial charge in [-0.15, -0.1) is 11.3 Å². The average Bonchev–Trinajstić information content (AvgIpc) is 3.16. The Morgan fingerprint density at radius 1 is 1.26 bits per heavy atom. The molecule has 3 aromatic rings. The number of carbonyl (C=O) groups is 2. The van der Waals surface area contributed by atoms with Gasteiger partial charge in [-0.2, -0.15) is 5.10 Å². The largest absolute Gasteiger partial charge is 0.368 e. The first-order valence-corrected chi connectivity index (χ1v) is 7.76. The van der Waals surface area contributed by atoms with Crippen molar-refractivity contribution in [3.8, 4) is 0 Å². The van der Waals surface area contributed by atoms with E-state index >= 15 is 0 Å². The minimum absolute atomic E-state index is 0.0932. The van der Waals surface area contributed by atoms with Gasteiger partial charge in [0.05, 0.1) is 11.1 Å². The molecule has 116 valence electrons. The lowest BCUT2D eigenvalue weighted by atomic mass is 10.2. The molecular formula is C16H14N4O2S. The van der Waals surface area contributed by atoms with E-state index in [-0.39, 0.29) is 12.5 Å². The monoisotopic (exact) mass is 326 g/mol. The molecule has 3 N–H and O–H groups in total. The molecule has 0 atom stereocenters. The number of nitrogens with two attached hydrogens (primary N) is 1. The summed E-state index contributed by atoms with van der Waals surface area (Å²) < 4.78 is 1.76. The van der Waals surface area contributed by atoms with Gasteiger partial charge >= 0.3 is 0 Å². The maximum absolute atomic E-state index is 11.8. The molecule has 0 bridgehead atoms. The molecule has 6 nitrogen and oxygen atoms in total. The number of benzene rings is 1. The Hall–Kier alpha value is -2.93. The smallest absolute Gasteiger partial charge is 0.281 e. The Bertz CT molecular complexity index is 881. The molecule has 1 aromatic carbocycles. The Kier molecular flexibility index (Phi) is 4.20. The molecule has 23 heavy (non-hydrogen) atoms. The fourth-order valence-corrected chi connectivity index (χ4v) is 2.91. The lowest BCUT2D eigenvalue weighted by Gasteiger charge is -2.00. The van der Waals surface area contributed by atoms with Crippen LogP contribution in [0.25, 0.3) is 10.9 Å². The second-order valence-corrected chi connectivity index (χ2v) is 5.82. The summed E-state index contributed by atoms with van der Waals surface area (Å²) in [6, 6.07) is 11.2. The average molecular weight is 326 g/mol. The number of thiophene rings is 1. The van der Waals surface area contributed by atoms with Gasteiger partial charge in [0.1, 0.15) is 6.54 Å². The highest BCUT2D eigenvalue weighted by Crippen LogP contribution is 2.19. The first-order chi connectivity index (χ1) is 11.1. The molecule has 0 spiro atoms. The number of carbonyl (C=O) groups excluding carboxylic acids is 2. The lowest BCUT2D eigenvalue weighted by molar-refractivity contribution is -0.118. The van der Waals surface area contributed by atoms with Crippen molar-refractivity contribution in [3.63, 3.8) is 0 Å². The van der Waals surface area contributed by atoms with Crippen LogP contribution < -0.4 is 11.2 Å². The van der Waals surface area contributed by atoms with Gasteiger partial charge in [0.15, 0.2) is 0 Å². The van der Waals surface area contributed by atoms with Crippen molar-refractivity contribution in [1.82, 2.24) is 9.99 Å². The number of rotatable bonds is 5. The van der Waals surface area contributed by atoms with E-state index in [2.05, 4.69) is 10.5 Å². The summed E-state index contributed by atoms with van der Waals surface area (Å²) in [6.45, 7) is 0.0932. The zero-order chi connectivity index (χ0) is 16.2. The van der Waals surface area contributed by atoms with Crippen molar-refractivity contribution in [2.45, 2.75) is 6.54 Å². The third-order valence-corrected chi connectivity index (χ3v) is 4.13. The highest BCUT2D eigenvalue weighted by Gasteiger charge is 2.08. The molecule has 2 heterocycles. The highest BCUT2D eigenvalue weighted by atomic mass is 32.1. The van der Waals surface area contributed by atoms with Crippen LogP contribution in [-0.4, -0.2) is 22.6 Å². The lowest BCUT2D eigenvalue weighted by Crippen LogP contribution is -2.18. The molecule has 0 aliphatic heterocycles. The topological polar surface area (TPSA) is 89.5 Å². The van der Waals surface area contributed by atoms with Crippen LogP contribution in [0, 0.1) is 0 Å². The third-order valence-electron chi connectivity index (χ3n) is 3.26. The van der Waals surface area contributed by atoms with Gasteiger partial charge in [0, 0.05) is 22.7 Å². The molecule has 0 unspecified atom stereocenters. The Labute approximate surface area is 136 Å². The fraction of sp³-hybridized carbons (Fsp3) is 0.0625. The summed E-state index contributed by atoms with van der Waals surface area (Å²) >= 11 is 1.35. The van der Waals surface area contributed by atoms with Gasteiger partial charge in [-0.25, -0.2) is 5.43 Å². The molecule has 2 amide bonds. The molecule has 0 radical (unpaired) electrons. The second-order valence-electron chi connectivity index (χ2n) is 4.87. The normalized spacial score (nSPS) is 11.1.